The monoisotopic (exact) mass is 305 g/mol. The Morgan fingerprint density at radius 1 is 1.38 bits per heavy atom. The lowest BCUT2D eigenvalue weighted by Crippen LogP contribution is -2.13. The Bertz CT molecular complexity index is 393. The van der Waals surface area contributed by atoms with Gasteiger partial charge < -0.3 is 5.11 Å². The van der Waals surface area contributed by atoms with Gasteiger partial charge in [-0.2, -0.15) is 13.2 Å². The fourth-order valence-corrected chi connectivity index (χ4v) is 1.55. The highest BCUT2D eigenvalue weighted by atomic mass is 79.9. The van der Waals surface area contributed by atoms with Gasteiger partial charge in [-0.25, -0.2) is 13.8 Å². The van der Waals surface area contributed by atoms with Crippen molar-refractivity contribution in [1.29, 1.82) is 0 Å². The van der Waals surface area contributed by atoms with Crippen LogP contribution in [0.2, 0.25) is 0 Å². The summed E-state index contributed by atoms with van der Waals surface area (Å²) >= 11 is 2.58. The topological polar surface area (TPSA) is 33.1 Å². The molecule has 0 amide bonds. The van der Waals surface area contributed by atoms with Gasteiger partial charge in [0.25, 0.3) is 6.43 Å². The molecule has 1 rings (SSSR count). The van der Waals surface area contributed by atoms with Crippen LogP contribution in [0.5, 0.6) is 0 Å². The third-order valence-corrected chi connectivity index (χ3v) is 2.38. The van der Waals surface area contributed by atoms with Crippen LogP contribution in [-0.2, 0) is 12.8 Å². The summed E-state index contributed by atoms with van der Waals surface area (Å²) in [5.74, 6) is 0. The van der Waals surface area contributed by atoms with Crippen LogP contribution in [0.15, 0.2) is 10.5 Å². The largest absolute Gasteiger partial charge is 0.418 e. The van der Waals surface area contributed by atoms with E-state index in [1.165, 1.54) is 0 Å². The van der Waals surface area contributed by atoms with Gasteiger partial charge in [0.05, 0.1) is 17.9 Å². The molecule has 0 fully saturated rings. The number of aromatic nitrogens is 1. The molecule has 1 heterocycles. The van der Waals surface area contributed by atoms with E-state index in [1.54, 1.807) is 0 Å². The van der Waals surface area contributed by atoms with E-state index < -0.39 is 40.6 Å². The molecule has 0 saturated carbocycles. The van der Waals surface area contributed by atoms with Gasteiger partial charge in [-0.15, -0.1) is 0 Å². The van der Waals surface area contributed by atoms with Gasteiger partial charge in [-0.05, 0) is 22.0 Å². The molecule has 90 valence electrons. The number of pyridine rings is 1. The molecule has 0 aliphatic rings. The average Bonchev–Trinajstić information content (AvgIpc) is 2.15. The van der Waals surface area contributed by atoms with E-state index in [1.807, 2.05) is 0 Å². The Kier molecular flexibility index (Phi) is 3.84. The highest BCUT2D eigenvalue weighted by Gasteiger charge is 2.35. The number of rotatable bonds is 2. The van der Waals surface area contributed by atoms with Crippen LogP contribution in [0.25, 0.3) is 0 Å². The average molecular weight is 306 g/mol. The van der Waals surface area contributed by atoms with E-state index in [4.69, 9.17) is 5.11 Å². The molecule has 0 atom stereocenters. The van der Waals surface area contributed by atoms with Gasteiger partial charge in [0.2, 0.25) is 0 Å². The standard InChI is InChI=1S/C8H5BrF5NO/c9-4-1-3(8(12,13)14)5(2-16)15-6(4)7(10)11/h1,7,16H,2H2. The first-order valence-corrected chi connectivity index (χ1v) is 4.72. The molecule has 2 nitrogen and oxygen atoms in total. The zero-order valence-electron chi connectivity index (χ0n) is 7.52. The van der Waals surface area contributed by atoms with E-state index in [2.05, 4.69) is 20.9 Å². The van der Waals surface area contributed by atoms with E-state index in [9.17, 15) is 22.0 Å². The number of aliphatic hydroxyl groups excluding tert-OH is 1. The van der Waals surface area contributed by atoms with Crippen molar-refractivity contribution >= 4 is 15.9 Å². The summed E-state index contributed by atoms with van der Waals surface area (Å²) in [5, 5.41) is 8.66. The highest BCUT2D eigenvalue weighted by molar-refractivity contribution is 9.10. The highest BCUT2D eigenvalue weighted by Crippen LogP contribution is 2.36. The molecule has 0 aliphatic carbocycles. The fraction of sp³-hybridized carbons (Fsp3) is 0.375. The summed E-state index contributed by atoms with van der Waals surface area (Å²) in [4.78, 5) is 3.09. The molecule has 1 aromatic heterocycles. The first-order valence-electron chi connectivity index (χ1n) is 3.93. The molecule has 8 heteroatoms. The maximum absolute atomic E-state index is 12.4. The lowest BCUT2D eigenvalue weighted by atomic mass is 10.1. The predicted molar refractivity (Wildman–Crippen MR) is 47.8 cm³/mol. The maximum atomic E-state index is 12.4. The predicted octanol–water partition coefficient (Wildman–Crippen LogP) is 3.29. The summed E-state index contributed by atoms with van der Waals surface area (Å²) in [6, 6.07) is 0.486. The van der Waals surface area contributed by atoms with E-state index in [-0.39, 0.29) is 0 Å². The number of nitrogens with zero attached hydrogens (tertiary/aromatic N) is 1. The van der Waals surface area contributed by atoms with Gasteiger partial charge in [-0.1, -0.05) is 0 Å². The van der Waals surface area contributed by atoms with E-state index in [0.29, 0.717) is 6.07 Å². The minimum atomic E-state index is -4.74. The van der Waals surface area contributed by atoms with E-state index >= 15 is 0 Å². The van der Waals surface area contributed by atoms with Crippen molar-refractivity contribution in [2.24, 2.45) is 0 Å². The summed E-state index contributed by atoms with van der Waals surface area (Å²) in [6.07, 6.45) is -7.75. The van der Waals surface area contributed by atoms with Gasteiger partial charge in [0.15, 0.2) is 0 Å². The number of alkyl halides is 5. The van der Waals surface area contributed by atoms with Crippen molar-refractivity contribution in [3.63, 3.8) is 0 Å². The summed E-state index contributed by atoms with van der Waals surface area (Å²) in [5.41, 5.74) is -2.87. The number of hydrogen-bond donors (Lipinski definition) is 1. The van der Waals surface area contributed by atoms with Crippen molar-refractivity contribution in [2.75, 3.05) is 0 Å². The Hall–Kier alpha value is -0.760. The molecule has 1 aromatic rings. The molecule has 0 aromatic carbocycles. The number of halogens is 6. The van der Waals surface area contributed by atoms with Crippen LogP contribution in [-0.4, -0.2) is 10.1 Å². The fourth-order valence-electron chi connectivity index (χ4n) is 1.06. The van der Waals surface area contributed by atoms with Crippen LogP contribution < -0.4 is 0 Å². The summed E-state index contributed by atoms with van der Waals surface area (Å²) in [7, 11) is 0. The first-order chi connectivity index (χ1) is 7.27. The molecule has 0 aliphatic heterocycles. The van der Waals surface area contributed by atoms with Crippen LogP contribution in [0.4, 0.5) is 22.0 Å². The van der Waals surface area contributed by atoms with Crippen molar-refractivity contribution in [3.8, 4) is 0 Å². The van der Waals surface area contributed by atoms with Gasteiger partial charge in [-0.3, -0.25) is 0 Å². The van der Waals surface area contributed by atoms with Crippen molar-refractivity contribution < 1.29 is 27.1 Å². The molecule has 0 saturated heterocycles. The van der Waals surface area contributed by atoms with Crippen molar-refractivity contribution in [1.82, 2.24) is 4.98 Å². The quantitative estimate of drug-likeness (QED) is 0.851. The second-order valence-electron chi connectivity index (χ2n) is 2.81. The molecular weight excluding hydrogens is 301 g/mol. The lowest BCUT2D eigenvalue weighted by Gasteiger charge is -2.13. The van der Waals surface area contributed by atoms with Crippen LogP contribution in [0, 0.1) is 0 Å². The molecule has 1 N–H and O–H groups in total. The van der Waals surface area contributed by atoms with Crippen molar-refractivity contribution in [3.05, 3.63) is 27.5 Å². The SMILES string of the molecule is OCc1nc(C(F)F)c(Br)cc1C(F)(F)F. The molecule has 0 radical (unpaired) electrons. The van der Waals surface area contributed by atoms with Crippen LogP contribution >= 0.6 is 15.9 Å². The third kappa shape index (κ3) is 2.67. The zero-order valence-corrected chi connectivity index (χ0v) is 9.11. The third-order valence-electron chi connectivity index (χ3n) is 1.74. The molecule has 0 unspecified atom stereocenters. The Labute approximate surface area is 95.2 Å². The molecular formula is C8H5BrF5NO. The zero-order chi connectivity index (χ0) is 12.5. The van der Waals surface area contributed by atoms with Gasteiger partial charge >= 0.3 is 6.18 Å². The summed E-state index contributed by atoms with van der Waals surface area (Å²) < 4.78 is 61.4. The van der Waals surface area contributed by atoms with Crippen molar-refractivity contribution in [2.45, 2.75) is 19.2 Å². The minimum Gasteiger partial charge on any atom is -0.390 e. The molecule has 0 bridgehead atoms. The maximum Gasteiger partial charge on any atom is 0.418 e. The smallest absolute Gasteiger partial charge is 0.390 e. The first kappa shape index (κ1) is 13.3. The lowest BCUT2D eigenvalue weighted by molar-refractivity contribution is -0.139. The van der Waals surface area contributed by atoms with Gasteiger partial charge in [0.1, 0.15) is 5.69 Å². The van der Waals surface area contributed by atoms with E-state index in [0.717, 1.165) is 0 Å². The molecule has 16 heavy (non-hydrogen) atoms. The Morgan fingerprint density at radius 3 is 2.31 bits per heavy atom. The number of aliphatic hydroxyl groups is 1. The summed E-state index contributed by atoms with van der Waals surface area (Å²) in [6.45, 7) is -1.05. The van der Waals surface area contributed by atoms with Gasteiger partial charge in [0, 0.05) is 4.47 Å². The molecule has 0 spiro atoms. The second-order valence-corrected chi connectivity index (χ2v) is 3.66. The minimum absolute atomic E-state index is 0.438. The Balaban J connectivity index is 3.38. The second kappa shape index (κ2) is 4.62. The van der Waals surface area contributed by atoms with Crippen LogP contribution in [0.3, 0.4) is 0 Å². The Morgan fingerprint density at radius 2 is 1.94 bits per heavy atom. The number of hydrogen-bond acceptors (Lipinski definition) is 2. The normalized spacial score (nSPS) is 12.2. The van der Waals surface area contributed by atoms with Crippen LogP contribution in [0.1, 0.15) is 23.4 Å².